The minimum absolute atomic E-state index is 0.258. The number of thioether (sulfide) groups is 2. The number of halogens is 1. The van der Waals surface area contributed by atoms with Gasteiger partial charge in [-0.3, -0.25) is 0 Å². The maximum atomic E-state index is 6.01. The molecule has 0 amide bonds. The minimum atomic E-state index is 0.258. The van der Waals surface area contributed by atoms with Crippen molar-refractivity contribution >= 4 is 35.1 Å². The van der Waals surface area contributed by atoms with Crippen LogP contribution in [0.4, 0.5) is 0 Å². The van der Waals surface area contributed by atoms with Crippen LogP contribution in [0, 0.1) is 23.7 Å². The number of hydrogen-bond acceptors (Lipinski definition) is 2. The van der Waals surface area contributed by atoms with Crippen molar-refractivity contribution in [1.82, 2.24) is 0 Å². The monoisotopic (exact) mass is 390 g/mol. The van der Waals surface area contributed by atoms with Crippen molar-refractivity contribution in [1.29, 1.82) is 0 Å². The van der Waals surface area contributed by atoms with Gasteiger partial charge in [0.15, 0.2) is 0 Å². The van der Waals surface area contributed by atoms with Crippen LogP contribution in [0.3, 0.4) is 0 Å². The summed E-state index contributed by atoms with van der Waals surface area (Å²) in [6.07, 6.45) is 10.4. The Morgan fingerprint density at radius 3 is 2.04 bits per heavy atom. The van der Waals surface area contributed by atoms with E-state index in [4.69, 9.17) is 11.6 Å². The molecule has 24 heavy (non-hydrogen) atoms. The van der Waals surface area contributed by atoms with Crippen LogP contribution < -0.4 is 0 Å². The lowest BCUT2D eigenvalue weighted by Crippen LogP contribution is -2.06. The zero-order chi connectivity index (χ0) is 18.0. The van der Waals surface area contributed by atoms with E-state index in [1.54, 1.807) is 0 Å². The van der Waals surface area contributed by atoms with E-state index >= 15 is 0 Å². The van der Waals surface area contributed by atoms with Gasteiger partial charge in [-0.15, -0.1) is 17.5 Å². The first kappa shape index (κ1) is 24.6. The topological polar surface area (TPSA) is 0 Å². The third-order valence-corrected chi connectivity index (χ3v) is 6.54. The highest BCUT2D eigenvalue weighted by atomic mass is 35.5. The Hall–Kier alpha value is 0.550. The van der Waals surface area contributed by atoms with Crippen molar-refractivity contribution in [3.8, 4) is 11.8 Å². The van der Waals surface area contributed by atoms with Crippen molar-refractivity contribution in [2.75, 3.05) is 23.0 Å². The highest BCUT2D eigenvalue weighted by Crippen LogP contribution is 2.25. The smallest absolute Gasteiger partial charge is 0.0319 e. The molecule has 1 fully saturated rings. The van der Waals surface area contributed by atoms with Crippen molar-refractivity contribution < 1.29 is 0 Å². The minimum Gasteiger partial charge on any atom is -0.161 e. The van der Waals surface area contributed by atoms with Gasteiger partial charge < -0.3 is 0 Å². The molecule has 2 unspecified atom stereocenters. The summed E-state index contributed by atoms with van der Waals surface area (Å²) in [6.45, 7) is 8.69. The summed E-state index contributed by atoms with van der Waals surface area (Å²) in [5.41, 5.74) is 0. The van der Waals surface area contributed by atoms with E-state index in [9.17, 15) is 0 Å². The molecule has 0 heterocycles. The third kappa shape index (κ3) is 16.0. The van der Waals surface area contributed by atoms with Gasteiger partial charge in [0.25, 0.3) is 0 Å². The van der Waals surface area contributed by atoms with Crippen LogP contribution in [0.5, 0.6) is 0 Å². The standard InChI is InChI=1S/C15H25Cl.C6H14S2/c1-3-14(12-13(2)16)10-7-11-15-8-5-4-6-9-15;1-3-7-5-6-8-4-2/h13-15H,3-6,8-9,11-12H2,1-2H3;3-6H2,1-2H3. The van der Waals surface area contributed by atoms with Crippen molar-refractivity contribution in [2.45, 2.75) is 84.4 Å². The third-order valence-electron chi connectivity index (χ3n) is 4.30. The average molecular weight is 391 g/mol. The average Bonchev–Trinajstić information content (AvgIpc) is 2.59. The Labute approximate surface area is 166 Å². The van der Waals surface area contributed by atoms with Crippen molar-refractivity contribution in [3.05, 3.63) is 0 Å². The Kier molecular flexibility index (Phi) is 18.8. The quantitative estimate of drug-likeness (QED) is 0.227. The van der Waals surface area contributed by atoms with E-state index in [0.29, 0.717) is 5.92 Å². The fourth-order valence-corrected chi connectivity index (χ4v) is 4.60. The maximum Gasteiger partial charge on any atom is 0.0319 e. The molecule has 0 N–H and O–H groups in total. The summed E-state index contributed by atoms with van der Waals surface area (Å²) in [6, 6.07) is 0. The molecular formula is C21H39ClS2. The second-order valence-electron chi connectivity index (χ2n) is 6.54. The van der Waals surface area contributed by atoms with E-state index in [1.165, 1.54) is 55.1 Å². The molecule has 2 atom stereocenters. The van der Waals surface area contributed by atoms with E-state index < -0.39 is 0 Å². The number of hydrogen-bond donors (Lipinski definition) is 0. The Morgan fingerprint density at radius 1 is 1.00 bits per heavy atom. The summed E-state index contributed by atoms with van der Waals surface area (Å²) in [5, 5.41) is 0.258. The lowest BCUT2D eigenvalue weighted by molar-refractivity contribution is 0.365. The largest absolute Gasteiger partial charge is 0.161 e. The molecule has 0 nitrogen and oxygen atoms in total. The van der Waals surface area contributed by atoms with Gasteiger partial charge in [0, 0.05) is 29.2 Å². The van der Waals surface area contributed by atoms with Gasteiger partial charge in [0.1, 0.15) is 0 Å². The molecule has 0 radical (unpaired) electrons. The maximum absolute atomic E-state index is 6.01. The van der Waals surface area contributed by atoms with Crippen LogP contribution in [0.15, 0.2) is 0 Å². The lowest BCUT2D eigenvalue weighted by atomic mass is 9.87. The van der Waals surface area contributed by atoms with Gasteiger partial charge in [-0.05, 0) is 50.0 Å². The molecule has 142 valence electrons. The van der Waals surface area contributed by atoms with Gasteiger partial charge in [-0.2, -0.15) is 23.5 Å². The van der Waals surface area contributed by atoms with Gasteiger partial charge >= 0.3 is 0 Å². The molecule has 0 bridgehead atoms. The van der Waals surface area contributed by atoms with E-state index in [0.717, 1.165) is 25.2 Å². The first-order valence-electron chi connectivity index (χ1n) is 9.91. The number of alkyl halides is 1. The molecule has 1 aliphatic rings. The second-order valence-corrected chi connectivity index (χ2v) is 10.1. The van der Waals surface area contributed by atoms with Gasteiger partial charge in [0.2, 0.25) is 0 Å². The molecule has 0 aromatic carbocycles. The van der Waals surface area contributed by atoms with E-state index in [2.05, 4.69) is 39.5 Å². The molecule has 0 aromatic heterocycles. The zero-order valence-electron chi connectivity index (χ0n) is 16.4. The normalized spacial score (nSPS) is 17.2. The summed E-state index contributed by atoms with van der Waals surface area (Å²) >= 11 is 10.1. The first-order valence-corrected chi connectivity index (χ1v) is 12.7. The van der Waals surface area contributed by atoms with Crippen LogP contribution in [0.2, 0.25) is 0 Å². The second kappa shape index (κ2) is 18.3. The SMILES string of the molecule is CCC(C#CCC1CCCCC1)CC(C)Cl.CCSCCSCC. The highest BCUT2D eigenvalue weighted by Gasteiger charge is 2.12. The summed E-state index contributed by atoms with van der Waals surface area (Å²) in [5.74, 6) is 13.4. The van der Waals surface area contributed by atoms with Gasteiger partial charge in [-0.1, -0.05) is 46.0 Å². The van der Waals surface area contributed by atoms with E-state index in [1.807, 2.05) is 23.5 Å². The van der Waals surface area contributed by atoms with Crippen LogP contribution in [0.25, 0.3) is 0 Å². The van der Waals surface area contributed by atoms with E-state index in [-0.39, 0.29) is 5.38 Å². The number of rotatable bonds is 9. The molecule has 0 spiro atoms. The molecule has 0 saturated heterocycles. The van der Waals surface area contributed by atoms with Crippen molar-refractivity contribution in [2.24, 2.45) is 11.8 Å². The van der Waals surface area contributed by atoms with Crippen LogP contribution in [0.1, 0.15) is 79.1 Å². The predicted molar refractivity (Wildman–Crippen MR) is 119 cm³/mol. The van der Waals surface area contributed by atoms with Gasteiger partial charge in [-0.25, -0.2) is 0 Å². The van der Waals surface area contributed by atoms with Crippen LogP contribution >= 0.6 is 35.1 Å². The fourth-order valence-electron chi connectivity index (χ4n) is 2.87. The molecule has 1 aliphatic carbocycles. The summed E-state index contributed by atoms with van der Waals surface area (Å²) in [4.78, 5) is 0. The molecule has 3 heteroatoms. The molecule has 0 aromatic rings. The highest BCUT2D eigenvalue weighted by molar-refractivity contribution is 8.02. The fraction of sp³-hybridized carbons (Fsp3) is 0.905. The summed E-state index contributed by atoms with van der Waals surface area (Å²) in [7, 11) is 0. The lowest BCUT2D eigenvalue weighted by Gasteiger charge is -2.18. The zero-order valence-corrected chi connectivity index (χ0v) is 18.8. The van der Waals surface area contributed by atoms with Gasteiger partial charge in [0.05, 0.1) is 0 Å². The molecular weight excluding hydrogens is 352 g/mol. The Morgan fingerprint density at radius 2 is 1.58 bits per heavy atom. The van der Waals surface area contributed by atoms with Crippen molar-refractivity contribution in [3.63, 3.8) is 0 Å². The molecule has 1 saturated carbocycles. The van der Waals surface area contributed by atoms with Crippen LogP contribution in [-0.2, 0) is 0 Å². The predicted octanol–water partition coefficient (Wildman–Crippen LogP) is 7.50. The van der Waals surface area contributed by atoms with Crippen LogP contribution in [-0.4, -0.2) is 28.4 Å². The Balaban J connectivity index is 0.000000561. The molecule has 0 aliphatic heterocycles. The molecule has 1 rings (SSSR count). The first-order chi connectivity index (χ1) is 11.6. The Bertz CT molecular complexity index is 308. The summed E-state index contributed by atoms with van der Waals surface area (Å²) < 4.78 is 0.